The Bertz CT molecular complexity index is 293. The summed E-state index contributed by atoms with van der Waals surface area (Å²) in [6.45, 7) is 0. The highest BCUT2D eigenvalue weighted by molar-refractivity contribution is 6.00. The lowest BCUT2D eigenvalue weighted by Crippen LogP contribution is -2.46. The van der Waals surface area contributed by atoms with E-state index in [4.69, 9.17) is 11.6 Å². The van der Waals surface area contributed by atoms with Crippen molar-refractivity contribution in [3.8, 4) is 0 Å². The number of nitrogens with zero attached hydrogens (tertiary/aromatic N) is 2. The van der Waals surface area contributed by atoms with Crippen LogP contribution >= 0.6 is 0 Å². The number of aromatic amines is 1. The molecule has 1 aromatic rings. The van der Waals surface area contributed by atoms with E-state index in [0.29, 0.717) is 0 Å². The van der Waals surface area contributed by atoms with Crippen LogP contribution in [0.3, 0.4) is 0 Å². The lowest BCUT2D eigenvalue weighted by atomic mass is 10.5. The van der Waals surface area contributed by atoms with Crippen molar-refractivity contribution >= 4 is 11.9 Å². The number of imide groups is 1. The van der Waals surface area contributed by atoms with E-state index in [-0.39, 0.29) is 10.8 Å². The molecule has 0 fully saturated rings. The molecule has 0 radical (unpaired) electrons. The third kappa shape index (κ3) is 1.40. The van der Waals surface area contributed by atoms with Gasteiger partial charge in [0.2, 0.25) is 0 Å². The Balaban J connectivity index is 2.79. The number of imidazole rings is 1. The van der Waals surface area contributed by atoms with Crippen molar-refractivity contribution in [3.63, 3.8) is 0 Å². The van der Waals surface area contributed by atoms with Crippen molar-refractivity contribution in [2.24, 2.45) is 11.6 Å². The Morgan fingerprint density at radius 3 is 2.67 bits per heavy atom. The second-order valence-corrected chi connectivity index (χ2v) is 1.95. The van der Waals surface area contributed by atoms with Gasteiger partial charge in [-0.1, -0.05) is 0 Å². The van der Waals surface area contributed by atoms with Crippen LogP contribution in [0.25, 0.3) is 0 Å². The van der Waals surface area contributed by atoms with Crippen LogP contribution in [0.1, 0.15) is 10.6 Å². The van der Waals surface area contributed by atoms with Gasteiger partial charge in [-0.2, -0.15) is 5.01 Å². The summed E-state index contributed by atoms with van der Waals surface area (Å²) in [5.41, 5.74) is 4.74. The Morgan fingerprint density at radius 1 is 1.58 bits per heavy atom. The van der Waals surface area contributed by atoms with E-state index in [9.17, 15) is 9.59 Å². The standard InChI is InChI=1S/C5H7N5O2/c6-5(12)10(7)4(11)3-8-1-2-9-3/h1-2H,7H2,(H2,6,12)(H,8,9). The molecule has 64 valence electrons. The first-order valence-electron chi connectivity index (χ1n) is 3.01. The molecule has 0 unspecified atom stereocenters. The lowest BCUT2D eigenvalue weighted by Gasteiger charge is -2.08. The summed E-state index contributed by atoms with van der Waals surface area (Å²) in [7, 11) is 0. The maximum atomic E-state index is 11.1. The molecule has 7 heteroatoms. The predicted molar refractivity (Wildman–Crippen MR) is 38.5 cm³/mol. The van der Waals surface area contributed by atoms with E-state index in [1.54, 1.807) is 0 Å². The van der Waals surface area contributed by atoms with Crippen molar-refractivity contribution in [1.82, 2.24) is 15.0 Å². The van der Waals surface area contributed by atoms with Gasteiger partial charge in [0.05, 0.1) is 0 Å². The van der Waals surface area contributed by atoms with Crippen molar-refractivity contribution in [3.05, 3.63) is 18.2 Å². The van der Waals surface area contributed by atoms with Gasteiger partial charge in [0, 0.05) is 12.4 Å². The molecule has 1 heterocycles. The second kappa shape index (κ2) is 3.01. The average Bonchev–Trinajstić information content (AvgIpc) is 2.53. The molecule has 0 aromatic carbocycles. The van der Waals surface area contributed by atoms with Gasteiger partial charge in [-0.15, -0.1) is 0 Å². The predicted octanol–water partition coefficient (Wildman–Crippen LogP) is -1.20. The molecule has 0 saturated carbocycles. The number of hydrogen-bond donors (Lipinski definition) is 3. The number of aromatic nitrogens is 2. The second-order valence-electron chi connectivity index (χ2n) is 1.95. The molecular weight excluding hydrogens is 162 g/mol. The van der Waals surface area contributed by atoms with Crippen LogP contribution in [0.15, 0.2) is 12.4 Å². The SMILES string of the molecule is NC(=O)N(N)C(=O)c1ncc[nH]1. The smallest absolute Gasteiger partial charge is 0.336 e. The Kier molecular flexibility index (Phi) is 2.06. The van der Waals surface area contributed by atoms with E-state index in [1.807, 2.05) is 0 Å². The minimum Gasteiger partial charge on any atom is -0.350 e. The molecule has 0 atom stereocenters. The molecule has 12 heavy (non-hydrogen) atoms. The summed E-state index contributed by atoms with van der Waals surface area (Å²) in [5.74, 6) is 4.20. The van der Waals surface area contributed by atoms with Gasteiger partial charge in [-0.05, 0) is 0 Å². The fourth-order valence-electron chi connectivity index (χ4n) is 0.596. The third-order valence-corrected chi connectivity index (χ3v) is 1.16. The number of rotatable bonds is 1. The number of carbonyl (C=O) groups is 2. The third-order valence-electron chi connectivity index (χ3n) is 1.16. The number of primary amides is 1. The van der Waals surface area contributed by atoms with E-state index < -0.39 is 11.9 Å². The normalized spacial score (nSPS) is 9.42. The van der Waals surface area contributed by atoms with Gasteiger partial charge < -0.3 is 10.7 Å². The van der Waals surface area contributed by atoms with Crippen LogP contribution in [-0.2, 0) is 0 Å². The average molecular weight is 169 g/mol. The highest BCUT2D eigenvalue weighted by atomic mass is 16.2. The van der Waals surface area contributed by atoms with Gasteiger partial charge >= 0.3 is 11.9 Å². The minimum absolute atomic E-state index is 0.0312. The van der Waals surface area contributed by atoms with Crippen molar-refractivity contribution in [1.29, 1.82) is 0 Å². The summed E-state index contributed by atoms with van der Waals surface area (Å²) in [6, 6.07) is -1.03. The van der Waals surface area contributed by atoms with Gasteiger partial charge in [0.15, 0.2) is 5.82 Å². The maximum Gasteiger partial charge on any atom is 0.336 e. The van der Waals surface area contributed by atoms with Crippen molar-refractivity contribution < 1.29 is 9.59 Å². The number of nitrogens with one attached hydrogen (secondary N) is 1. The first-order chi connectivity index (χ1) is 5.63. The van der Waals surface area contributed by atoms with E-state index in [0.717, 1.165) is 0 Å². The quantitative estimate of drug-likeness (QED) is 0.278. The Hall–Kier alpha value is -1.89. The molecule has 0 aliphatic carbocycles. The first kappa shape index (κ1) is 8.21. The van der Waals surface area contributed by atoms with Crippen LogP contribution < -0.4 is 11.6 Å². The monoisotopic (exact) mass is 169 g/mol. The van der Waals surface area contributed by atoms with Crippen molar-refractivity contribution in [2.45, 2.75) is 0 Å². The molecule has 0 aliphatic rings. The fraction of sp³-hybridized carbons (Fsp3) is 0. The number of nitrogens with two attached hydrogens (primary N) is 2. The molecule has 3 amide bonds. The fourth-order valence-corrected chi connectivity index (χ4v) is 0.596. The largest absolute Gasteiger partial charge is 0.350 e. The van der Waals surface area contributed by atoms with E-state index in [1.165, 1.54) is 12.4 Å². The zero-order valence-corrected chi connectivity index (χ0v) is 6.02. The summed E-state index contributed by atoms with van der Waals surface area (Å²) < 4.78 is 0. The number of hydrogen-bond acceptors (Lipinski definition) is 4. The minimum atomic E-state index is -1.03. The molecule has 5 N–H and O–H groups in total. The number of hydrazine groups is 1. The maximum absolute atomic E-state index is 11.1. The molecular formula is C5H7N5O2. The van der Waals surface area contributed by atoms with Crippen LogP contribution in [0.2, 0.25) is 0 Å². The number of carbonyl (C=O) groups excluding carboxylic acids is 2. The molecule has 0 spiro atoms. The first-order valence-corrected chi connectivity index (χ1v) is 3.01. The summed E-state index contributed by atoms with van der Waals surface area (Å²) in [5, 5.41) is 0.277. The van der Waals surface area contributed by atoms with Gasteiger partial charge in [-0.3, -0.25) is 4.79 Å². The van der Waals surface area contributed by atoms with Crippen molar-refractivity contribution in [2.75, 3.05) is 0 Å². The number of H-pyrrole nitrogens is 1. The van der Waals surface area contributed by atoms with Crippen LogP contribution in [0.5, 0.6) is 0 Å². The van der Waals surface area contributed by atoms with Crippen LogP contribution in [0.4, 0.5) is 4.79 Å². The van der Waals surface area contributed by atoms with E-state index in [2.05, 4.69) is 9.97 Å². The summed E-state index contributed by atoms with van der Waals surface area (Å²) in [6.07, 6.45) is 2.80. The van der Waals surface area contributed by atoms with Crippen LogP contribution in [-0.4, -0.2) is 26.9 Å². The Morgan fingerprint density at radius 2 is 2.25 bits per heavy atom. The summed E-state index contributed by atoms with van der Waals surface area (Å²) in [4.78, 5) is 27.5. The number of amides is 3. The molecule has 0 saturated heterocycles. The Labute approximate surface area is 67.3 Å². The topological polar surface area (TPSA) is 118 Å². The molecule has 1 aromatic heterocycles. The molecule has 7 nitrogen and oxygen atoms in total. The highest BCUT2D eigenvalue weighted by Crippen LogP contribution is 1.92. The molecule has 1 rings (SSSR count). The molecule has 0 bridgehead atoms. The van der Waals surface area contributed by atoms with E-state index >= 15 is 0 Å². The van der Waals surface area contributed by atoms with Gasteiger partial charge in [-0.25, -0.2) is 15.6 Å². The lowest BCUT2D eigenvalue weighted by molar-refractivity contribution is 0.0797. The zero-order valence-electron chi connectivity index (χ0n) is 6.02. The zero-order chi connectivity index (χ0) is 9.14. The summed E-state index contributed by atoms with van der Waals surface area (Å²) >= 11 is 0. The van der Waals surface area contributed by atoms with Crippen LogP contribution in [0, 0.1) is 0 Å². The van der Waals surface area contributed by atoms with Gasteiger partial charge in [0.1, 0.15) is 0 Å². The van der Waals surface area contributed by atoms with Gasteiger partial charge in [0.25, 0.3) is 0 Å². The highest BCUT2D eigenvalue weighted by Gasteiger charge is 2.18. The number of urea groups is 1. The molecule has 0 aliphatic heterocycles.